The van der Waals surface area contributed by atoms with Gasteiger partial charge in [0.05, 0.1) is 13.5 Å². The molecule has 2 aromatic rings. The lowest BCUT2D eigenvalue weighted by Gasteiger charge is -2.32. The SMILES string of the molecule is COc1cccc(CC(=O)NC2CCN(c3nccs3)CC2)c1. The summed E-state index contributed by atoms with van der Waals surface area (Å²) in [4.78, 5) is 18.8. The molecule has 23 heavy (non-hydrogen) atoms. The topological polar surface area (TPSA) is 54.5 Å². The zero-order chi connectivity index (χ0) is 16.1. The maximum Gasteiger partial charge on any atom is 0.224 e. The summed E-state index contributed by atoms with van der Waals surface area (Å²) in [6, 6.07) is 7.91. The van der Waals surface area contributed by atoms with Crippen molar-refractivity contribution >= 4 is 22.4 Å². The number of nitrogens with zero attached hydrogens (tertiary/aromatic N) is 2. The molecule has 1 aromatic heterocycles. The number of ether oxygens (including phenoxy) is 1. The lowest BCUT2D eigenvalue weighted by Crippen LogP contribution is -2.45. The molecule has 0 atom stereocenters. The van der Waals surface area contributed by atoms with E-state index in [1.54, 1.807) is 18.4 Å². The Hall–Kier alpha value is -2.08. The highest BCUT2D eigenvalue weighted by Crippen LogP contribution is 2.22. The molecule has 1 fully saturated rings. The van der Waals surface area contributed by atoms with Crippen LogP contribution < -0.4 is 15.0 Å². The van der Waals surface area contributed by atoms with Gasteiger partial charge in [0.25, 0.3) is 0 Å². The molecule has 1 aromatic carbocycles. The molecule has 0 spiro atoms. The van der Waals surface area contributed by atoms with Gasteiger partial charge in [-0.25, -0.2) is 4.98 Å². The molecule has 2 heterocycles. The third kappa shape index (κ3) is 4.22. The Labute approximate surface area is 140 Å². The van der Waals surface area contributed by atoms with Crippen molar-refractivity contribution < 1.29 is 9.53 Å². The average Bonchev–Trinajstić information content (AvgIpc) is 3.10. The Morgan fingerprint density at radius 1 is 1.43 bits per heavy atom. The second-order valence-electron chi connectivity index (χ2n) is 5.67. The largest absolute Gasteiger partial charge is 0.497 e. The van der Waals surface area contributed by atoms with Crippen LogP contribution in [0.1, 0.15) is 18.4 Å². The lowest BCUT2D eigenvalue weighted by atomic mass is 10.0. The fourth-order valence-electron chi connectivity index (χ4n) is 2.83. The number of nitrogens with one attached hydrogen (secondary N) is 1. The van der Waals surface area contributed by atoms with Crippen molar-refractivity contribution in [3.05, 3.63) is 41.4 Å². The summed E-state index contributed by atoms with van der Waals surface area (Å²) in [6.07, 6.45) is 4.15. The van der Waals surface area contributed by atoms with E-state index >= 15 is 0 Å². The van der Waals surface area contributed by atoms with Gasteiger partial charge in [0, 0.05) is 30.7 Å². The molecule has 0 bridgehead atoms. The van der Waals surface area contributed by atoms with Gasteiger partial charge in [0.15, 0.2) is 5.13 Å². The number of methoxy groups -OCH3 is 1. The van der Waals surface area contributed by atoms with Crippen LogP contribution in [0.25, 0.3) is 0 Å². The minimum atomic E-state index is 0.0750. The number of thiazole rings is 1. The Morgan fingerprint density at radius 2 is 2.26 bits per heavy atom. The van der Waals surface area contributed by atoms with Gasteiger partial charge in [-0.15, -0.1) is 11.3 Å². The fourth-order valence-corrected chi connectivity index (χ4v) is 3.53. The van der Waals surface area contributed by atoms with Crippen LogP contribution in [0.15, 0.2) is 35.8 Å². The summed E-state index contributed by atoms with van der Waals surface area (Å²) in [5.41, 5.74) is 0.974. The number of aromatic nitrogens is 1. The van der Waals surface area contributed by atoms with Crippen molar-refractivity contribution in [2.45, 2.75) is 25.3 Å². The van der Waals surface area contributed by atoms with Gasteiger partial charge in [-0.1, -0.05) is 12.1 Å². The molecule has 1 saturated heterocycles. The molecule has 0 unspecified atom stereocenters. The predicted octanol–water partition coefficient (Wildman–Crippen LogP) is 2.48. The van der Waals surface area contributed by atoms with Gasteiger partial charge in [0.1, 0.15) is 5.75 Å². The van der Waals surface area contributed by atoms with Crippen LogP contribution in [-0.4, -0.2) is 37.1 Å². The molecule has 122 valence electrons. The van der Waals surface area contributed by atoms with E-state index in [1.165, 1.54) is 0 Å². The normalized spacial score (nSPS) is 15.4. The number of piperidine rings is 1. The Bertz CT molecular complexity index is 637. The van der Waals surface area contributed by atoms with Crippen molar-refractivity contribution in [3.8, 4) is 5.75 Å². The van der Waals surface area contributed by atoms with Crippen LogP contribution >= 0.6 is 11.3 Å². The average molecular weight is 331 g/mol. The van der Waals surface area contributed by atoms with Crippen LogP contribution in [0.4, 0.5) is 5.13 Å². The Kier molecular flexibility index (Phi) is 5.12. The van der Waals surface area contributed by atoms with Crippen molar-refractivity contribution in [1.29, 1.82) is 0 Å². The molecule has 1 aliphatic rings. The van der Waals surface area contributed by atoms with Crippen LogP contribution in [0.2, 0.25) is 0 Å². The number of anilines is 1. The maximum absolute atomic E-state index is 12.2. The highest BCUT2D eigenvalue weighted by Gasteiger charge is 2.22. The number of benzene rings is 1. The number of hydrogen-bond donors (Lipinski definition) is 1. The van der Waals surface area contributed by atoms with E-state index in [-0.39, 0.29) is 11.9 Å². The van der Waals surface area contributed by atoms with Crippen molar-refractivity contribution in [2.75, 3.05) is 25.1 Å². The first-order valence-electron chi connectivity index (χ1n) is 7.81. The van der Waals surface area contributed by atoms with E-state index in [1.807, 2.05) is 35.8 Å². The van der Waals surface area contributed by atoms with Gasteiger partial charge in [-0.3, -0.25) is 4.79 Å². The third-order valence-electron chi connectivity index (χ3n) is 4.05. The zero-order valence-corrected chi connectivity index (χ0v) is 14.0. The van der Waals surface area contributed by atoms with Gasteiger partial charge in [-0.2, -0.15) is 0 Å². The number of rotatable bonds is 5. The molecular formula is C17H21N3O2S. The lowest BCUT2D eigenvalue weighted by molar-refractivity contribution is -0.121. The number of carbonyl (C=O) groups excluding carboxylic acids is 1. The first-order valence-corrected chi connectivity index (χ1v) is 8.69. The molecule has 0 saturated carbocycles. The van der Waals surface area contributed by atoms with Crippen LogP contribution in [0.5, 0.6) is 5.75 Å². The smallest absolute Gasteiger partial charge is 0.224 e. The van der Waals surface area contributed by atoms with Gasteiger partial charge in [0.2, 0.25) is 5.91 Å². The van der Waals surface area contributed by atoms with Crippen LogP contribution in [-0.2, 0) is 11.2 Å². The van der Waals surface area contributed by atoms with Crippen LogP contribution in [0, 0.1) is 0 Å². The highest BCUT2D eigenvalue weighted by molar-refractivity contribution is 7.13. The molecular weight excluding hydrogens is 310 g/mol. The van der Waals surface area contributed by atoms with Gasteiger partial charge < -0.3 is 15.0 Å². The first-order chi connectivity index (χ1) is 11.2. The predicted molar refractivity (Wildman–Crippen MR) is 92.2 cm³/mol. The van der Waals surface area contributed by atoms with Crippen molar-refractivity contribution in [1.82, 2.24) is 10.3 Å². The molecule has 1 amide bonds. The van der Waals surface area contributed by atoms with E-state index in [0.29, 0.717) is 6.42 Å². The summed E-state index contributed by atoms with van der Waals surface area (Å²) in [5, 5.41) is 6.22. The van der Waals surface area contributed by atoms with E-state index < -0.39 is 0 Å². The number of amides is 1. The maximum atomic E-state index is 12.2. The highest BCUT2D eigenvalue weighted by atomic mass is 32.1. The molecule has 0 aliphatic carbocycles. The fraction of sp³-hybridized carbons (Fsp3) is 0.412. The summed E-state index contributed by atoms with van der Waals surface area (Å²) in [5.74, 6) is 0.859. The Morgan fingerprint density at radius 3 is 2.96 bits per heavy atom. The summed E-state index contributed by atoms with van der Waals surface area (Å²) in [6.45, 7) is 1.88. The van der Waals surface area contributed by atoms with E-state index in [0.717, 1.165) is 42.4 Å². The van der Waals surface area contributed by atoms with Crippen molar-refractivity contribution in [3.63, 3.8) is 0 Å². The third-order valence-corrected chi connectivity index (χ3v) is 4.88. The van der Waals surface area contributed by atoms with Gasteiger partial charge in [-0.05, 0) is 30.5 Å². The summed E-state index contributed by atoms with van der Waals surface area (Å²) in [7, 11) is 1.63. The first kappa shape index (κ1) is 15.8. The number of carbonyl (C=O) groups is 1. The summed E-state index contributed by atoms with van der Waals surface area (Å²) < 4.78 is 5.19. The summed E-state index contributed by atoms with van der Waals surface area (Å²) >= 11 is 1.67. The van der Waals surface area contributed by atoms with Crippen molar-refractivity contribution in [2.24, 2.45) is 0 Å². The molecule has 1 N–H and O–H groups in total. The molecule has 0 radical (unpaired) electrons. The second-order valence-corrected chi connectivity index (χ2v) is 6.54. The Balaban J connectivity index is 1.47. The van der Waals surface area contributed by atoms with Gasteiger partial charge >= 0.3 is 0 Å². The number of hydrogen-bond acceptors (Lipinski definition) is 5. The molecule has 6 heteroatoms. The van der Waals surface area contributed by atoms with E-state index in [9.17, 15) is 4.79 Å². The molecule has 1 aliphatic heterocycles. The minimum absolute atomic E-state index is 0.0750. The standard InChI is InChI=1S/C17H21N3O2S/c1-22-15-4-2-3-13(11-15)12-16(21)19-14-5-8-20(9-6-14)17-18-7-10-23-17/h2-4,7,10-11,14H,5-6,8-9,12H2,1H3,(H,19,21). The molecule has 3 rings (SSSR count). The second kappa shape index (κ2) is 7.46. The minimum Gasteiger partial charge on any atom is -0.497 e. The monoisotopic (exact) mass is 331 g/mol. The van der Waals surface area contributed by atoms with E-state index in [2.05, 4.69) is 15.2 Å². The van der Waals surface area contributed by atoms with E-state index in [4.69, 9.17) is 4.74 Å². The molecule has 5 nitrogen and oxygen atoms in total. The van der Waals surface area contributed by atoms with Crippen LogP contribution in [0.3, 0.4) is 0 Å². The zero-order valence-electron chi connectivity index (χ0n) is 13.2. The quantitative estimate of drug-likeness (QED) is 0.914.